The van der Waals surface area contributed by atoms with Crippen molar-refractivity contribution in [3.05, 3.63) is 84.4 Å². The van der Waals surface area contributed by atoms with E-state index in [2.05, 4.69) is 17.2 Å². The van der Waals surface area contributed by atoms with Crippen LogP contribution in [0.3, 0.4) is 0 Å². The van der Waals surface area contributed by atoms with Gasteiger partial charge in [-0.1, -0.05) is 54.6 Å². The fourth-order valence-electron chi connectivity index (χ4n) is 2.64. The van der Waals surface area contributed by atoms with E-state index in [-0.39, 0.29) is 6.42 Å². The van der Waals surface area contributed by atoms with Gasteiger partial charge in [-0.25, -0.2) is 0 Å². The number of hydrogen-bond acceptors (Lipinski definition) is 4. The van der Waals surface area contributed by atoms with Crippen LogP contribution in [0.1, 0.15) is 28.4 Å². The Morgan fingerprint density at radius 1 is 1.00 bits per heavy atom. The minimum Gasteiger partial charge on any atom is -0.381 e. The van der Waals surface area contributed by atoms with Crippen molar-refractivity contribution in [2.75, 3.05) is 0 Å². The van der Waals surface area contributed by atoms with Crippen molar-refractivity contribution in [2.45, 2.75) is 24.6 Å². The molecule has 0 fully saturated rings. The predicted molar refractivity (Wildman–Crippen MR) is 105 cm³/mol. The highest BCUT2D eigenvalue weighted by Gasteiger charge is 2.31. The second-order valence-electron chi connectivity index (χ2n) is 6.16. The molecule has 3 amide bonds. The number of nitrogens with two attached hydrogens (primary N) is 1. The van der Waals surface area contributed by atoms with E-state index in [1.165, 1.54) is 6.08 Å². The monoisotopic (exact) mass is 381 g/mol. The highest BCUT2D eigenvalue weighted by molar-refractivity contribution is 5.95. The number of nitrogens with one attached hydrogen (secondary N) is 2. The molecule has 2 rings (SSSR count). The zero-order valence-corrected chi connectivity index (χ0v) is 15.2. The number of benzene rings is 2. The maximum Gasteiger partial charge on any atom is 0.252 e. The molecule has 5 N–H and O–H groups in total. The number of primary amides is 1. The number of aliphatic hydroxyl groups excluding tert-OH is 1. The van der Waals surface area contributed by atoms with Crippen LogP contribution in [0.4, 0.5) is 0 Å². The van der Waals surface area contributed by atoms with Crippen molar-refractivity contribution in [2.24, 2.45) is 5.73 Å². The third-order valence-electron chi connectivity index (χ3n) is 4.13. The summed E-state index contributed by atoms with van der Waals surface area (Å²) >= 11 is 0. The van der Waals surface area contributed by atoms with Gasteiger partial charge in [0.2, 0.25) is 5.91 Å². The average molecular weight is 381 g/mol. The molecular weight excluding hydrogens is 358 g/mol. The van der Waals surface area contributed by atoms with E-state index in [0.717, 1.165) is 0 Å². The third-order valence-corrected chi connectivity index (χ3v) is 4.13. The molecule has 3 atom stereocenters. The molecule has 146 valence electrons. The lowest BCUT2D eigenvalue weighted by Gasteiger charge is -2.25. The largest absolute Gasteiger partial charge is 0.381 e. The molecule has 2 aromatic rings. The number of amides is 3. The van der Waals surface area contributed by atoms with Crippen molar-refractivity contribution in [1.29, 1.82) is 0 Å². The van der Waals surface area contributed by atoms with Crippen molar-refractivity contribution >= 4 is 17.7 Å². The van der Waals surface area contributed by atoms with Gasteiger partial charge in [0.1, 0.15) is 6.04 Å². The molecule has 0 aliphatic carbocycles. The maximum atomic E-state index is 12.5. The fourth-order valence-corrected chi connectivity index (χ4v) is 2.64. The molecule has 0 aliphatic rings. The quantitative estimate of drug-likeness (QED) is 0.485. The Bertz CT molecular complexity index is 824. The summed E-state index contributed by atoms with van der Waals surface area (Å²) in [4.78, 5) is 36.5. The number of aliphatic hydroxyl groups is 1. The first kappa shape index (κ1) is 20.9. The lowest BCUT2D eigenvalue weighted by Crippen LogP contribution is -2.51. The zero-order valence-electron chi connectivity index (χ0n) is 15.2. The normalized spacial score (nSPS) is 13.6. The van der Waals surface area contributed by atoms with E-state index >= 15 is 0 Å². The Labute approximate surface area is 163 Å². The Hall–Kier alpha value is -3.45. The van der Waals surface area contributed by atoms with Crippen molar-refractivity contribution in [3.8, 4) is 0 Å². The van der Waals surface area contributed by atoms with Crippen LogP contribution in [-0.4, -0.2) is 35.0 Å². The summed E-state index contributed by atoms with van der Waals surface area (Å²) in [5.74, 6) is -2.02. The summed E-state index contributed by atoms with van der Waals surface area (Å²) in [5, 5.41) is 15.7. The second-order valence-corrected chi connectivity index (χ2v) is 6.16. The molecule has 0 bridgehead atoms. The van der Waals surface area contributed by atoms with Gasteiger partial charge in [0, 0.05) is 5.56 Å². The molecule has 0 heterocycles. The molecule has 0 spiro atoms. The first-order valence-corrected chi connectivity index (χ1v) is 8.73. The van der Waals surface area contributed by atoms with Gasteiger partial charge >= 0.3 is 0 Å². The van der Waals surface area contributed by atoms with Gasteiger partial charge < -0.3 is 21.5 Å². The van der Waals surface area contributed by atoms with Crippen LogP contribution in [0.15, 0.2) is 73.3 Å². The molecule has 0 saturated carbocycles. The molecular formula is C21H23N3O4. The first-order chi connectivity index (χ1) is 13.4. The molecule has 0 radical (unpaired) electrons. The van der Waals surface area contributed by atoms with Crippen LogP contribution in [0.5, 0.6) is 0 Å². The van der Waals surface area contributed by atoms with E-state index in [1.54, 1.807) is 60.7 Å². The topological polar surface area (TPSA) is 122 Å². The van der Waals surface area contributed by atoms with E-state index in [4.69, 9.17) is 5.73 Å². The van der Waals surface area contributed by atoms with Crippen LogP contribution in [0.2, 0.25) is 0 Å². The Kier molecular flexibility index (Phi) is 7.47. The van der Waals surface area contributed by atoms with Crippen LogP contribution in [0, 0.1) is 0 Å². The molecule has 0 unspecified atom stereocenters. The summed E-state index contributed by atoms with van der Waals surface area (Å²) < 4.78 is 0. The lowest BCUT2D eigenvalue weighted by atomic mass is 9.99. The summed E-state index contributed by atoms with van der Waals surface area (Å²) in [6.07, 6.45) is -0.0737. The summed E-state index contributed by atoms with van der Waals surface area (Å²) in [7, 11) is 0. The van der Waals surface area contributed by atoms with E-state index in [1.807, 2.05) is 0 Å². The minimum atomic E-state index is -1.64. The van der Waals surface area contributed by atoms with Gasteiger partial charge in [-0.05, 0) is 24.1 Å². The summed E-state index contributed by atoms with van der Waals surface area (Å²) in [6, 6.07) is 15.0. The van der Waals surface area contributed by atoms with Crippen molar-refractivity contribution < 1.29 is 19.5 Å². The number of carbonyl (C=O) groups is 3. The second kappa shape index (κ2) is 10.0. The number of hydrogen-bond donors (Lipinski definition) is 4. The van der Waals surface area contributed by atoms with Gasteiger partial charge in [-0.15, -0.1) is 6.58 Å². The maximum absolute atomic E-state index is 12.5. The summed E-state index contributed by atoms with van der Waals surface area (Å²) in [6.45, 7) is 3.51. The van der Waals surface area contributed by atoms with Crippen LogP contribution >= 0.6 is 0 Å². The molecule has 28 heavy (non-hydrogen) atoms. The van der Waals surface area contributed by atoms with Crippen molar-refractivity contribution in [3.63, 3.8) is 0 Å². The van der Waals surface area contributed by atoms with Crippen LogP contribution in [-0.2, 0) is 9.59 Å². The fraction of sp³-hybridized carbons (Fsp3) is 0.190. The number of rotatable bonds is 9. The molecule has 0 saturated heterocycles. The van der Waals surface area contributed by atoms with Gasteiger partial charge in [0.25, 0.3) is 11.8 Å². The first-order valence-electron chi connectivity index (χ1n) is 8.73. The van der Waals surface area contributed by atoms with Gasteiger partial charge in [0.15, 0.2) is 6.10 Å². The van der Waals surface area contributed by atoms with Gasteiger partial charge in [0.05, 0.1) is 6.04 Å². The molecule has 0 aliphatic heterocycles. The van der Waals surface area contributed by atoms with E-state index in [9.17, 15) is 19.5 Å². The standard InChI is InChI=1S/C21H23N3O4/c1-2-9-16(19(22)26)23-21(28)18(25)17(14-10-5-3-6-11-14)24-20(27)15-12-7-4-8-13-15/h2-8,10-13,16-18,25H,1,9H2,(H2,22,26)(H,23,28)(H,24,27)/t16-,17-,18+/m0/s1. The van der Waals surface area contributed by atoms with Gasteiger partial charge in [-0.3, -0.25) is 14.4 Å². The molecule has 2 aromatic carbocycles. The predicted octanol–water partition coefficient (Wildman–Crippen LogP) is 1.06. The minimum absolute atomic E-state index is 0.125. The SMILES string of the molecule is C=CC[C@H](NC(=O)[C@H](O)[C@@H](NC(=O)c1ccccc1)c1ccccc1)C(N)=O. The molecule has 0 aromatic heterocycles. The van der Waals surface area contributed by atoms with E-state index < -0.39 is 35.9 Å². The Balaban J connectivity index is 2.23. The highest BCUT2D eigenvalue weighted by Crippen LogP contribution is 2.18. The van der Waals surface area contributed by atoms with Crippen molar-refractivity contribution in [1.82, 2.24) is 10.6 Å². The Morgan fingerprint density at radius 3 is 2.11 bits per heavy atom. The average Bonchev–Trinajstić information content (AvgIpc) is 2.72. The third kappa shape index (κ3) is 5.52. The van der Waals surface area contributed by atoms with Crippen LogP contribution < -0.4 is 16.4 Å². The smallest absolute Gasteiger partial charge is 0.252 e. The molecule has 7 heteroatoms. The van der Waals surface area contributed by atoms with E-state index in [0.29, 0.717) is 11.1 Å². The summed E-state index contributed by atoms with van der Waals surface area (Å²) in [5.41, 5.74) is 6.19. The van der Waals surface area contributed by atoms with Crippen LogP contribution in [0.25, 0.3) is 0 Å². The zero-order chi connectivity index (χ0) is 20.5. The number of carbonyl (C=O) groups excluding carboxylic acids is 3. The highest BCUT2D eigenvalue weighted by atomic mass is 16.3. The lowest BCUT2D eigenvalue weighted by molar-refractivity contribution is -0.134. The van der Waals surface area contributed by atoms with Gasteiger partial charge in [-0.2, -0.15) is 0 Å². The Morgan fingerprint density at radius 2 is 1.57 bits per heavy atom. The molecule has 7 nitrogen and oxygen atoms in total.